The third kappa shape index (κ3) is 4.10. The number of nitrogens with two attached hydrogens (primary N) is 1. The summed E-state index contributed by atoms with van der Waals surface area (Å²) in [4.78, 5) is 11.8. The molecule has 0 saturated heterocycles. The van der Waals surface area contributed by atoms with Crippen LogP contribution in [-0.4, -0.2) is 5.91 Å². The minimum absolute atomic E-state index is 0.0126. The normalized spacial score (nSPS) is 10.2. The molecule has 0 radical (unpaired) electrons. The predicted molar refractivity (Wildman–Crippen MR) is 80.5 cm³/mol. The molecule has 0 aliphatic rings. The summed E-state index contributed by atoms with van der Waals surface area (Å²) in [7, 11) is 0. The number of nitrogen functional groups attached to an aromatic ring is 1. The van der Waals surface area contributed by atoms with E-state index in [4.69, 9.17) is 5.73 Å². The summed E-state index contributed by atoms with van der Waals surface area (Å²) in [6.07, 6.45) is 0.343. The number of amides is 1. The Kier molecular flexibility index (Phi) is 4.58. The monoisotopic (exact) mass is 318 g/mol. The van der Waals surface area contributed by atoms with Gasteiger partial charge >= 0.3 is 0 Å². The van der Waals surface area contributed by atoms with Crippen LogP contribution in [0.25, 0.3) is 0 Å². The Bertz CT molecular complexity index is 584. The van der Waals surface area contributed by atoms with Gasteiger partial charge in [-0.15, -0.1) is 0 Å². The molecule has 3 N–H and O–H groups in total. The summed E-state index contributed by atoms with van der Waals surface area (Å²) in [6, 6.07) is 15.2. The molecule has 0 fully saturated rings. The summed E-state index contributed by atoms with van der Waals surface area (Å²) < 4.78 is 0.999. The second kappa shape index (κ2) is 6.38. The lowest BCUT2D eigenvalue weighted by molar-refractivity contribution is -0.120. The summed E-state index contributed by atoms with van der Waals surface area (Å²) >= 11 is 3.45. The van der Waals surface area contributed by atoms with Crippen molar-refractivity contribution in [3.8, 4) is 0 Å². The molecule has 0 atom stereocenters. The van der Waals surface area contributed by atoms with E-state index in [1.165, 1.54) is 0 Å². The van der Waals surface area contributed by atoms with E-state index in [0.717, 1.165) is 15.6 Å². The molecule has 1 amide bonds. The van der Waals surface area contributed by atoms with Crippen LogP contribution in [0.3, 0.4) is 0 Å². The number of halogens is 1. The fraction of sp³-hybridized carbons (Fsp3) is 0.133. The highest BCUT2D eigenvalue weighted by molar-refractivity contribution is 9.10. The van der Waals surface area contributed by atoms with Gasteiger partial charge in [0.1, 0.15) is 0 Å². The van der Waals surface area contributed by atoms with Crippen LogP contribution in [0.2, 0.25) is 0 Å². The zero-order valence-corrected chi connectivity index (χ0v) is 12.0. The zero-order chi connectivity index (χ0) is 13.7. The molecule has 2 rings (SSSR count). The van der Waals surface area contributed by atoms with Gasteiger partial charge in [0.15, 0.2) is 0 Å². The van der Waals surface area contributed by atoms with Crippen LogP contribution in [0.4, 0.5) is 5.69 Å². The molecule has 0 aliphatic heterocycles. The molecule has 4 heteroatoms. The van der Waals surface area contributed by atoms with Crippen molar-refractivity contribution in [2.45, 2.75) is 13.0 Å². The Morgan fingerprint density at radius 3 is 2.68 bits per heavy atom. The number of anilines is 1. The molecule has 3 nitrogen and oxygen atoms in total. The highest BCUT2D eigenvalue weighted by atomic mass is 79.9. The Hall–Kier alpha value is -1.81. The van der Waals surface area contributed by atoms with Crippen LogP contribution >= 0.6 is 15.9 Å². The molecule has 2 aromatic carbocycles. The molecule has 0 unspecified atom stereocenters. The second-order valence-corrected chi connectivity index (χ2v) is 5.14. The molecular weight excluding hydrogens is 304 g/mol. The quantitative estimate of drug-likeness (QED) is 0.852. The number of hydrogen-bond donors (Lipinski definition) is 2. The predicted octanol–water partition coefficient (Wildman–Crippen LogP) is 2.89. The van der Waals surface area contributed by atoms with Crippen LogP contribution < -0.4 is 11.1 Å². The van der Waals surface area contributed by atoms with E-state index >= 15 is 0 Å². The number of hydrogen-bond acceptors (Lipinski definition) is 2. The van der Waals surface area contributed by atoms with Gasteiger partial charge in [0, 0.05) is 16.7 Å². The summed E-state index contributed by atoms with van der Waals surface area (Å²) in [5, 5.41) is 2.90. The van der Waals surface area contributed by atoms with Crippen LogP contribution in [0, 0.1) is 0 Å². The first-order valence-corrected chi connectivity index (χ1v) is 6.79. The fourth-order valence-corrected chi connectivity index (χ4v) is 2.21. The maximum Gasteiger partial charge on any atom is 0.224 e. The highest BCUT2D eigenvalue weighted by Crippen LogP contribution is 2.15. The first-order chi connectivity index (χ1) is 9.15. The summed E-state index contributed by atoms with van der Waals surface area (Å²) in [6.45, 7) is 0.516. The maximum absolute atomic E-state index is 11.8. The van der Waals surface area contributed by atoms with Crippen molar-refractivity contribution in [3.05, 3.63) is 64.1 Å². The number of benzene rings is 2. The van der Waals surface area contributed by atoms with E-state index in [2.05, 4.69) is 21.2 Å². The van der Waals surface area contributed by atoms with E-state index in [1.807, 2.05) is 48.5 Å². The van der Waals surface area contributed by atoms with Gasteiger partial charge in [0.05, 0.1) is 6.42 Å². The van der Waals surface area contributed by atoms with Crippen LogP contribution in [0.1, 0.15) is 11.1 Å². The second-order valence-electron chi connectivity index (χ2n) is 4.29. The molecule has 0 aromatic heterocycles. The van der Waals surface area contributed by atoms with Crippen LogP contribution in [-0.2, 0) is 17.8 Å². The standard InChI is InChI=1S/C15H15BrN2O/c16-14-7-2-1-5-12(14)10-18-15(19)9-11-4-3-6-13(17)8-11/h1-8H,9-10,17H2,(H,18,19). The first-order valence-electron chi connectivity index (χ1n) is 5.99. The van der Waals surface area contributed by atoms with Crippen molar-refractivity contribution < 1.29 is 4.79 Å². The molecule has 2 aromatic rings. The van der Waals surface area contributed by atoms with Crippen molar-refractivity contribution in [2.75, 3.05) is 5.73 Å². The van der Waals surface area contributed by atoms with Gasteiger partial charge in [-0.05, 0) is 29.3 Å². The lowest BCUT2D eigenvalue weighted by atomic mass is 10.1. The number of carbonyl (C=O) groups excluding carboxylic acids is 1. The van der Waals surface area contributed by atoms with Gasteiger partial charge in [0.25, 0.3) is 0 Å². The third-order valence-corrected chi connectivity index (χ3v) is 3.52. The average Bonchev–Trinajstić information content (AvgIpc) is 2.38. The van der Waals surface area contributed by atoms with Crippen molar-refractivity contribution in [1.29, 1.82) is 0 Å². The van der Waals surface area contributed by atoms with E-state index in [-0.39, 0.29) is 5.91 Å². The Morgan fingerprint density at radius 2 is 1.95 bits per heavy atom. The molecule has 0 spiro atoms. The number of carbonyl (C=O) groups is 1. The Morgan fingerprint density at radius 1 is 1.16 bits per heavy atom. The van der Waals surface area contributed by atoms with E-state index in [0.29, 0.717) is 18.7 Å². The molecule has 98 valence electrons. The van der Waals surface area contributed by atoms with Crippen molar-refractivity contribution >= 4 is 27.5 Å². The molecule has 0 heterocycles. The third-order valence-electron chi connectivity index (χ3n) is 2.75. The largest absolute Gasteiger partial charge is 0.399 e. The van der Waals surface area contributed by atoms with E-state index in [9.17, 15) is 4.79 Å². The van der Waals surface area contributed by atoms with E-state index in [1.54, 1.807) is 0 Å². The minimum atomic E-state index is -0.0126. The number of nitrogens with one attached hydrogen (secondary N) is 1. The molecule has 0 bridgehead atoms. The first kappa shape index (κ1) is 13.6. The van der Waals surface area contributed by atoms with Crippen LogP contribution in [0.5, 0.6) is 0 Å². The summed E-state index contributed by atoms with van der Waals surface area (Å²) in [5.41, 5.74) is 8.34. The fourth-order valence-electron chi connectivity index (χ4n) is 1.79. The van der Waals surface area contributed by atoms with Gasteiger partial charge in [0.2, 0.25) is 5.91 Å². The molecular formula is C15H15BrN2O. The van der Waals surface area contributed by atoms with Crippen molar-refractivity contribution in [1.82, 2.24) is 5.32 Å². The SMILES string of the molecule is Nc1cccc(CC(=O)NCc2ccccc2Br)c1. The van der Waals surface area contributed by atoms with Gasteiger partial charge < -0.3 is 11.1 Å². The van der Waals surface area contributed by atoms with Gasteiger partial charge in [-0.2, -0.15) is 0 Å². The van der Waals surface area contributed by atoms with Gasteiger partial charge in [-0.25, -0.2) is 0 Å². The van der Waals surface area contributed by atoms with Gasteiger partial charge in [-0.3, -0.25) is 4.79 Å². The van der Waals surface area contributed by atoms with Crippen molar-refractivity contribution in [2.24, 2.45) is 0 Å². The lowest BCUT2D eigenvalue weighted by Gasteiger charge is -2.07. The summed E-state index contributed by atoms with van der Waals surface area (Å²) in [5.74, 6) is -0.0126. The van der Waals surface area contributed by atoms with Crippen molar-refractivity contribution in [3.63, 3.8) is 0 Å². The maximum atomic E-state index is 11.8. The molecule has 19 heavy (non-hydrogen) atoms. The smallest absolute Gasteiger partial charge is 0.224 e. The van der Waals surface area contributed by atoms with E-state index < -0.39 is 0 Å². The average molecular weight is 319 g/mol. The van der Waals surface area contributed by atoms with Crippen LogP contribution in [0.15, 0.2) is 53.0 Å². The zero-order valence-electron chi connectivity index (χ0n) is 10.4. The Labute approximate surface area is 121 Å². The lowest BCUT2D eigenvalue weighted by Crippen LogP contribution is -2.24. The highest BCUT2D eigenvalue weighted by Gasteiger charge is 2.05. The van der Waals surface area contributed by atoms with Gasteiger partial charge in [-0.1, -0.05) is 46.3 Å². The molecule has 0 aliphatic carbocycles. The number of rotatable bonds is 4. The minimum Gasteiger partial charge on any atom is -0.399 e. The topological polar surface area (TPSA) is 55.1 Å². The molecule has 0 saturated carbocycles. The Balaban J connectivity index is 1.90.